The van der Waals surface area contributed by atoms with Crippen LogP contribution in [0.15, 0.2) is 18.2 Å². The predicted octanol–water partition coefficient (Wildman–Crippen LogP) is 2.05. The first-order valence-electron chi connectivity index (χ1n) is 6.78. The van der Waals surface area contributed by atoms with Gasteiger partial charge in [-0.05, 0) is 31.9 Å². The summed E-state index contributed by atoms with van der Waals surface area (Å²) in [4.78, 5) is 0. The molecule has 0 saturated carbocycles. The van der Waals surface area contributed by atoms with Gasteiger partial charge in [0.25, 0.3) is 0 Å². The molecule has 1 fully saturated rings. The Kier molecular flexibility index (Phi) is 4.78. The highest BCUT2D eigenvalue weighted by Crippen LogP contribution is 2.20. The number of nitriles is 1. The number of aryl methyl sites for hydroxylation is 1. The normalized spacial score (nSPS) is 20.6. The van der Waals surface area contributed by atoms with Gasteiger partial charge < -0.3 is 15.4 Å². The third-order valence-corrected chi connectivity index (χ3v) is 3.42. The van der Waals surface area contributed by atoms with Crippen LogP contribution in [-0.2, 0) is 4.74 Å². The highest BCUT2D eigenvalue weighted by Gasteiger charge is 2.17. The van der Waals surface area contributed by atoms with Crippen LogP contribution in [0.2, 0.25) is 0 Å². The monoisotopic (exact) mass is 259 g/mol. The van der Waals surface area contributed by atoms with Gasteiger partial charge in [-0.25, -0.2) is 0 Å². The van der Waals surface area contributed by atoms with Gasteiger partial charge in [0.05, 0.1) is 24.5 Å². The average Bonchev–Trinajstić information content (AvgIpc) is 2.40. The molecule has 1 aliphatic heterocycles. The van der Waals surface area contributed by atoms with Crippen molar-refractivity contribution in [2.75, 3.05) is 25.1 Å². The molecular weight excluding hydrogens is 238 g/mol. The topological polar surface area (TPSA) is 57.1 Å². The Morgan fingerprint density at radius 1 is 1.58 bits per heavy atom. The van der Waals surface area contributed by atoms with Crippen molar-refractivity contribution in [2.24, 2.45) is 0 Å². The zero-order chi connectivity index (χ0) is 13.7. The van der Waals surface area contributed by atoms with Gasteiger partial charge in [-0.1, -0.05) is 12.1 Å². The molecule has 1 aliphatic rings. The number of anilines is 1. The molecule has 2 N–H and O–H groups in total. The molecule has 2 unspecified atom stereocenters. The molecule has 1 aromatic carbocycles. The lowest BCUT2D eigenvalue weighted by Gasteiger charge is -2.27. The molecule has 2 rings (SSSR count). The van der Waals surface area contributed by atoms with Gasteiger partial charge in [-0.2, -0.15) is 5.26 Å². The van der Waals surface area contributed by atoms with Crippen LogP contribution in [0.1, 0.15) is 24.5 Å². The summed E-state index contributed by atoms with van der Waals surface area (Å²) in [7, 11) is 0. The zero-order valence-electron chi connectivity index (χ0n) is 11.6. The van der Waals surface area contributed by atoms with E-state index in [-0.39, 0.29) is 0 Å². The first-order chi connectivity index (χ1) is 9.20. The number of morpholine rings is 1. The van der Waals surface area contributed by atoms with Crippen LogP contribution in [0.25, 0.3) is 0 Å². The van der Waals surface area contributed by atoms with E-state index in [1.807, 2.05) is 25.1 Å². The summed E-state index contributed by atoms with van der Waals surface area (Å²) < 4.78 is 5.45. The fourth-order valence-electron chi connectivity index (χ4n) is 2.46. The Hall–Kier alpha value is -1.57. The molecule has 2 atom stereocenters. The van der Waals surface area contributed by atoms with Gasteiger partial charge in [0, 0.05) is 18.6 Å². The quantitative estimate of drug-likeness (QED) is 0.869. The number of rotatable bonds is 4. The van der Waals surface area contributed by atoms with Gasteiger partial charge in [0.2, 0.25) is 0 Å². The van der Waals surface area contributed by atoms with Crippen molar-refractivity contribution < 1.29 is 4.74 Å². The summed E-state index contributed by atoms with van der Waals surface area (Å²) >= 11 is 0. The van der Waals surface area contributed by atoms with E-state index in [0.717, 1.165) is 43.0 Å². The highest BCUT2D eigenvalue weighted by molar-refractivity contribution is 5.60. The van der Waals surface area contributed by atoms with Crippen molar-refractivity contribution >= 4 is 5.69 Å². The highest BCUT2D eigenvalue weighted by atomic mass is 16.5. The second kappa shape index (κ2) is 6.55. The molecule has 0 amide bonds. The van der Waals surface area contributed by atoms with E-state index in [4.69, 9.17) is 4.74 Å². The molecule has 0 bridgehead atoms. The van der Waals surface area contributed by atoms with Crippen molar-refractivity contribution in [3.05, 3.63) is 29.3 Å². The minimum Gasteiger partial charge on any atom is -0.381 e. The third kappa shape index (κ3) is 3.69. The van der Waals surface area contributed by atoms with Crippen LogP contribution in [0.3, 0.4) is 0 Å². The van der Waals surface area contributed by atoms with Crippen molar-refractivity contribution in [3.8, 4) is 6.07 Å². The van der Waals surface area contributed by atoms with Crippen molar-refractivity contribution in [1.82, 2.24) is 5.32 Å². The standard InChI is InChI=1S/C15H21N3O/c1-11-4-3-5-15(14(11)9-16)18-12(2)8-13-10-19-7-6-17-13/h3-5,12-13,17-18H,6-8,10H2,1-2H3. The van der Waals surface area contributed by atoms with Gasteiger partial charge in [0.15, 0.2) is 0 Å². The summed E-state index contributed by atoms with van der Waals surface area (Å²) in [5, 5.41) is 16.1. The molecule has 1 heterocycles. The van der Waals surface area contributed by atoms with E-state index in [2.05, 4.69) is 23.6 Å². The van der Waals surface area contributed by atoms with E-state index in [9.17, 15) is 5.26 Å². The van der Waals surface area contributed by atoms with Gasteiger partial charge in [0.1, 0.15) is 6.07 Å². The summed E-state index contributed by atoms with van der Waals surface area (Å²) in [5.41, 5.74) is 2.67. The third-order valence-electron chi connectivity index (χ3n) is 3.42. The van der Waals surface area contributed by atoms with Crippen molar-refractivity contribution in [3.63, 3.8) is 0 Å². The summed E-state index contributed by atoms with van der Waals surface area (Å²) in [6.07, 6.45) is 0.985. The molecule has 0 aromatic heterocycles. The zero-order valence-corrected chi connectivity index (χ0v) is 11.6. The lowest BCUT2D eigenvalue weighted by atomic mass is 10.0. The molecule has 4 nitrogen and oxygen atoms in total. The number of hydrogen-bond acceptors (Lipinski definition) is 4. The van der Waals surface area contributed by atoms with Gasteiger partial charge in [-0.15, -0.1) is 0 Å². The first kappa shape index (κ1) is 13.9. The number of nitrogens with one attached hydrogen (secondary N) is 2. The van der Waals surface area contributed by atoms with Gasteiger partial charge >= 0.3 is 0 Å². The number of hydrogen-bond donors (Lipinski definition) is 2. The second-order valence-electron chi connectivity index (χ2n) is 5.12. The molecule has 0 aliphatic carbocycles. The number of nitrogens with zero attached hydrogens (tertiary/aromatic N) is 1. The van der Waals surface area contributed by atoms with Crippen molar-refractivity contribution in [2.45, 2.75) is 32.4 Å². The largest absolute Gasteiger partial charge is 0.381 e. The van der Waals surface area contributed by atoms with Crippen LogP contribution in [-0.4, -0.2) is 31.8 Å². The van der Waals surface area contributed by atoms with Crippen LogP contribution in [0, 0.1) is 18.3 Å². The predicted molar refractivity (Wildman–Crippen MR) is 76.2 cm³/mol. The molecule has 0 spiro atoms. The van der Waals surface area contributed by atoms with Crippen molar-refractivity contribution in [1.29, 1.82) is 5.26 Å². The van der Waals surface area contributed by atoms with Crippen LogP contribution in [0.4, 0.5) is 5.69 Å². The molecule has 1 aromatic rings. The molecule has 102 valence electrons. The first-order valence-corrected chi connectivity index (χ1v) is 6.78. The SMILES string of the molecule is Cc1cccc(NC(C)CC2COCCN2)c1C#N. The van der Waals surface area contributed by atoms with E-state index in [0.29, 0.717) is 12.1 Å². The Bertz CT molecular complexity index is 461. The Labute approximate surface area is 114 Å². The molecule has 4 heteroatoms. The minimum atomic E-state index is 0.299. The Morgan fingerprint density at radius 3 is 3.11 bits per heavy atom. The fourth-order valence-corrected chi connectivity index (χ4v) is 2.46. The summed E-state index contributed by atoms with van der Waals surface area (Å²) in [6, 6.07) is 8.87. The summed E-state index contributed by atoms with van der Waals surface area (Å²) in [6.45, 7) is 6.59. The van der Waals surface area contributed by atoms with Crippen LogP contribution >= 0.6 is 0 Å². The lowest BCUT2D eigenvalue weighted by Crippen LogP contribution is -2.43. The molecular formula is C15H21N3O. The van der Waals surface area contributed by atoms with Gasteiger partial charge in [-0.3, -0.25) is 0 Å². The number of benzene rings is 1. The smallest absolute Gasteiger partial charge is 0.102 e. The average molecular weight is 259 g/mol. The lowest BCUT2D eigenvalue weighted by molar-refractivity contribution is 0.0731. The van der Waals surface area contributed by atoms with Crippen LogP contribution in [0.5, 0.6) is 0 Å². The Morgan fingerprint density at radius 2 is 2.42 bits per heavy atom. The maximum atomic E-state index is 9.21. The van der Waals surface area contributed by atoms with Crippen LogP contribution < -0.4 is 10.6 Å². The molecule has 1 saturated heterocycles. The van der Waals surface area contributed by atoms with E-state index in [1.54, 1.807) is 0 Å². The molecule has 0 radical (unpaired) electrons. The van der Waals surface area contributed by atoms with E-state index < -0.39 is 0 Å². The number of ether oxygens (including phenoxy) is 1. The minimum absolute atomic E-state index is 0.299. The maximum absolute atomic E-state index is 9.21. The molecule has 19 heavy (non-hydrogen) atoms. The van der Waals surface area contributed by atoms with E-state index in [1.165, 1.54) is 0 Å². The fraction of sp³-hybridized carbons (Fsp3) is 0.533. The van der Waals surface area contributed by atoms with E-state index >= 15 is 0 Å². The summed E-state index contributed by atoms with van der Waals surface area (Å²) in [5.74, 6) is 0. The Balaban J connectivity index is 1.97. The second-order valence-corrected chi connectivity index (χ2v) is 5.12. The maximum Gasteiger partial charge on any atom is 0.102 e.